The molecule has 38 heavy (non-hydrogen) atoms. The molecule has 0 N–H and O–H groups in total. The Kier molecular flexibility index (Phi) is 9.97. The number of benzene rings is 1. The molecule has 1 aromatic rings. The van der Waals surface area contributed by atoms with Gasteiger partial charge in [-0.25, -0.2) is 9.59 Å². The van der Waals surface area contributed by atoms with Crippen LogP contribution >= 0.6 is 0 Å². The zero-order valence-electron chi connectivity index (χ0n) is 19.6. The average molecular weight is 562 g/mol. The van der Waals surface area contributed by atoms with Crippen molar-refractivity contribution in [3.8, 4) is 11.5 Å². The second-order valence-corrected chi connectivity index (χ2v) is 7.50. The van der Waals surface area contributed by atoms with E-state index in [2.05, 4.69) is 23.8 Å². The number of esters is 1. The maximum absolute atomic E-state index is 13.6. The Hall–Kier alpha value is -3.96. The van der Waals surface area contributed by atoms with E-state index in [-0.39, 0.29) is 37.4 Å². The highest BCUT2D eigenvalue weighted by Crippen LogP contribution is 2.41. The first-order chi connectivity index (χ1) is 17.6. The van der Waals surface area contributed by atoms with Crippen molar-refractivity contribution in [2.24, 2.45) is 0 Å². The van der Waals surface area contributed by atoms with E-state index < -0.39 is 59.7 Å². The molecule has 12 nitrogen and oxygen atoms in total. The van der Waals surface area contributed by atoms with Crippen LogP contribution in [-0.2, 0) is 23.8 Å². The maximum atomic E-state index is 13.6. The van der Waals surface area contributed by atoms with Crippen molar-refractivity contribution < 1.29 is 69.5 Å². The van der Waals surface area contributed by atoms with E-state index in [0.29, 0.717) is 6.08 Å². The second-order valence-electron chi connectivity index (χ2n) is 7.50. The molecule has 1 aliphatic heterocycles. The number of halogens is 6. The topological polar surface area (TPSA) is 136 Å². The molecule has 1 unspecified atom stereocenters. The molecule has 0 aromatic heterocycles. The largest absolute Gasteiger partial charge is 0.573 e. The van der Waals surface area contributed by atoms with E-state index in [0.717, 1.165) is 12.1 Å². The van der Waals surface area contributed by atoms with Crippen LogP contribution in [-0.4, -0.2) is 80.9 Å². The first-order valence-electron chi connectivity index (χ1n) is 10.3. The number of nitrogens with zero attached hydrogens (tertiary/aromatic N) is 2. The number of hydrogen-bond donors (Lipinski definition) is 0. The molecule has 1 aromatic carbocycles. The highest BCUT2D eigenvalue weighted by atomic mass is 19.4. The zero-order valence-corrected chi connectivity index (χ0v) is 19.6. The van der Waals surface area contributed by atoms with Gasteiger partial charge in [0, 0.05) is 18.7 Å². The summed E-state index contributed by atoms with van der Waals surface area (Å²) in [6, 6.07) is 1.54. The molecule has 0 fully saturated rings. The van der Waals surface area contributed by atoms with Crippen LogP contribution in [0.4, 0.5) is 31.1 Å². The van der Waals surface area contributed by atoms with Crippen molar-refractivity contribution in [2.75, 3.05) is 40.1 Å². The summed E-state index contributed by atoms with van der Waals surface area (Å²) in [7, 11) is 1.54. The standard InChI is InChI=1S/C20H20F6N2O10/c1-11-7-13(38-20(24,25)26)8-12-9-14(16(19(21,22)23)37-15(11)12)17(29)34-10-35-18(30)33-5-3-27(2)4-6-36-28(31)32/h7-9,16H,3-6,10H2,1-2H3. The lowest BCUT2D eigenvalue weighted by Gasteiger charge is -2.29. The summed E-state index contributed by atoms with van der Waals surface area (Å²) in [5, 5.41) is 9.08. The smallest absolute Gasteiger partial charge is 0.475 e. The van der Waals surface area contributed by atoms with Crippen LogP contribution in [0.3, 0.4) is 0 Å². The normalized spacial score (nSPS) is 15.1. The van der Waals surface area contributed by atoms with E-state index in [1.54, 1.807) is 0 Å². The molecule has 0 spiro atoms. The summed E-state index contributed by atoms with van der Waals surface area (Å²) in [5.74, 6) is -2.81. The number of hydrogen-bond acceptors (Lipinski definition) is 11. The fraction of sp³-hybridized carbons (Fsp3) is 0.500. The lowest BCUT2D eigenvalue weighted by atomic mass is 9.99. The minimum Gasteiger partial charge on any atom is -0.475 e. The molecule has 0 aliphatic carbocycles. The third-order valence-corrected chi connectivity index (χ3v) is 4.60. The van der Waals surface area contributed by atoms with Crippen molar-refractivity contribution in [1.29, 1.82) is 0 Å². The summed E-state index contributed by atoms with van der Waals surface area (Å²) < 4.78 is 101. The number of ether oxygens (including phenoxy) is 5. The van der Waals surface area contributed by atoms with Crippen LogP contribution in [0.2, 0.25) is 0 Å². The quantitative estimate of drug-likeness (QED) is 0.129. The summed E-state index contributed by atoms with van der Waals surface area (Å²) in [6.45, 7) is -0.231. The average Bonchev–Trinajstić information content (AvgIpc) is 2.76. The van der Waals surface area contributed by atoms with Gasteiger partial charge in [0.2, 0.25) is 12.9 Å². The Bertz CT molecular complexity index is 1060. The number of likely N-dealkylation sites (N-methyl/N-ethyl adjacent to an activating group) is 1. The van der Waals surface area contributed by atoms with Crippen LogP contribution in [0.15, 0.2) is 17.7 Å². The van der Waals surface area contributed by atoms with Gasteiger partial charge < -0.3 is 33.4 Å². The lowest BCUT2D eigenvalue weighted by molar-refractivity contribution is -0.757. The molecule has 1 atom stereocenters. The molecule has 0 radical (unpaired) electrons. The van der Waals surface area contributed by atoms with Crippen molar-refractivity contribution in [3.63, 3.8) is 0 Å². The van der Waals surface area contributed by atoms with Crippen LogP contribution < -0.4 is 9.47 Å². The molecule has 1 aliphatic rings. The fourth-order valence-electron chi connectivity index (χ4n) is 2.99. The van der Waals surface area contributed by atoms with E-state index in [9.17, 15) is 46.0 Å². The Morgan fingerprint density at radius 1 is 1.08 bits per heavy atom. The molecular formula is C20H20F6N2O10. The molecule has 0 saturated carbocycles. The number of fused-ring (bicyclic) bond motifs is 1. The van der Waals surface area contributed by atoms with Gasteiger partial charge >= 0.3 is 24.7 Å². The van der Waals surface area contributed by atoms with Gasteiger partial charge in [-0.1, -0.05) is 0 Å². The number of aryl methyl sites for hydroxylation is 1. The Balaban J connectivity index is 1.98. The summed E-state index contributed by atoms with van der Waals surface area (Å²) in [4.78, 5) is 39.6. The van der Waals surface area contributed by atoms with E-state index >= 15 is 0 Å². The van der Waals surface area contributed by atoms with Gasteiger partial charge in [-0.3, -0.25) is 0 Å². The Labute approximate surface area is 209 Å². The predicted octanol–water partition coefficient (Wildman–Crippen LogP) is 3.39. The minimum atomic E-state index is -5.12. The fourth-order valence-corrected chi connectivity index (χ4v) is 2.99. The van der Waals surface area contributed by atoms with Gasteiger partial charge in [0.15, 0.2) is 0 Å². The van der Waals surface area contributed by atoms with Gasteiger partial charge in [-0.15, -0.1) is 23.3 Å². The summed E-state index contributed by atoms with van der Waals surface area (Å²) >= 11 is 0. The van der Waals surface area contributed by atoms with Gasteiger partial charge in [-0.2, -0.15) is 13.2 Å². The first kappa shape index (κ1) is 30.3. The van der Waals surface area contributed by atoms with Crippen LogP contribution in [0.1, 0.15) is 11.1 Å². The minimum absolute atomic E-state index is 0.103. The molecule has 212 valence electrons. The third kappa shape index (κ3) is 9.49. The molecule has 0 bridgehead atoms. The summed E-state index contributed by atoms with van der Waals surface area (Å²) in [6.07, 6.45) is -13.7. The van der Waals surface area contributed by atoms with Crippen LogP contribution in [0.5, 0.6) is 11.5 Å². The molecule has 0 saturated heterocycles. The number of alkyl halides is 6. The zero-order chi connectivity index (χ0) is 28.7. The predicted molar refractivity (Wildman–Crippen MR) is 110 cm³/mol. The van der Waals surface area contributed by atoms with Crippen molar-refractivity contribution in [2.45, 2.75) is 25.6 Å². The van der Waals surface area contributed by atoms with Gasteiger partial charge in [0.1, 0.15) is 24.7 Å². The van der Waals surface area contributed by atoms with Gasteiger partial charge in [0.25, 0.3) is 5.09 Å². The van der Waals surface area contributed by atoms with E-state index in [1.807, 2.05) is 0 Å². The summed E-state index contributed by atoms with van der Waals surface area (Å²) in [5.41, 5.74) is -1.56. The highest BCUT2D eigenvalue weighted by Gasteiger charge is 2.49. The van der Waals surface area contributed by atoms with Crippen molar-refractivity contribution >= 4 is 18.2 Å². The molecular weight excluding hydrogens is 542 g/mol. The monoisotopic (exact) mass is 562 g/mol. The maximum Gasteiger partial charge on any atom is 0.573 e. The van der Waals surface area contributed by atoms with Gasteiger partial charge in [-0.05, 0) is 37.7 Å². The Morgan fingerprint density at radius 2 is 1.74 bits per heavy atom. The Morgan fingerprint density at radius 3 is 2.34 bits per heavy atom. The second kappa shape index (κ2) is 12.5. The molecule has 1 heterocycles. The molecule has 0 amide bonds. The highest BCUT2D eigenvalue weighted by molar-refractivity contribution is 5.96. The van der Waals surface area contributed by atoms with Crippen LogP contribution in [0, 0.1) is 17.0 Å². The number of carbonyl (C=O) groups excluding carboxylic acids is 2. The van der Waals surface area contributed by atoms with Gasteiger partial charge in [0.05, 0.1) is 5.57 Å². The van der Waals surface area contributed by atoms with Crippen LogP contribution in [0.25, 0.3) is 6.08 Å². The van der Waals surface area contributed by atoms with Crippen molar-refractivity contribution in [1.82, 2.24) is 4.90 Å². The number of rotatable bonds is 11. The number of carbonyl (C=O) groups is 2. The SMILES string of the molecule is Cc1cc(OC(F)(F)F)cc2c1OC(C(F)(F)F)C(C(=O)OCOC(=O)OCCN(C)CCO[N+](=O)[O-])=C2. The molecule has 18 heteroatoms. The lowest BCUT2D eigenvalue weighted by Crippen LogP contribution is -2.41. The first-order valence-corrected chi connectivity index (χ1v) is 10.3. The van der Waals surface area contributed by atoms with E-state index in [1.165, 1.54) is 18.9 Å². The third-order valence-electron chi connectivity index (χ3n) is 4.60. The van der Waals surface area contributed by atoms with Crippen molar-refractivity contribution in [3.05, 3.63) is 38.9 Å². The van der Waals surface area contributed by atoms with E-state index in [4.69, 9.17) is 4.74 Å². The molecule has 2 rings (SSSR count).